The van der Waals surface area contributed by atoms with Crippen LogP contribution in [0.1, 0.15) is 63.8 Å². The van der Waals surface area contributed by atoms with Crippen molar-refractivity contribution >= 4 is 62.9 Å². The summed E-state index contributed by atoms with van der Waals surface area (Å²) in [5, 5.41) is 28.0. The lowest BCUT2D eigenvalue weighted by molar-refractivity contribution is -0.216. The number of carboxylic acid groups (broad SMARTS) is 1. The number of hydroxylamine groups is 2. The number of hydrogen-bond donors (Lipinski definition) is 6. The van der Waals surface area contributed by atoms with E-state index in [0.717, 1.165) is 35.5 Å². The Morgan fingerprint density at radius 3 is 2.67 bits per heavy atom. The zero-order valence-corrected chi connectivity index (χ0v) is 30.2. The highest BCUT2D eigenvalue weighted by Crippen LogP contribution is 2.32. The van der Waals surface area contributed by atoms with E-state index in [1.165, 1.54) is 26.2 Å². The first-order valence-electron chi connectivity index (χ1n) is 15.9. The van der Waals surface area contributed by atoms with Crippen molar-refractivity contribution < 1.29 is 47.2 Å². The number of nitrogen functional groups attached to an aromatic ring is 1. The lowest BCUT2D eigenvalue weighted by atomic mass is 9.84. The second kappa shape index (κ2) is 16.7. The van der Waals surface area contributed by atoms with Crippen molar-refractivity contribution in [3.8, 4) is 5.75 Å². The quantitative estimate of drug-likeness (QED) is 0.0434. The smallest absolute Gasteiger partial charge is 0.354 e. The van der Waals surface area contributed by atoms with E-state index in [9.17, 15) is 28.8 Å². The second-order valence-electron chi connectivity index (χ2n) is 12.7. The van der Waals surface area contributed by atoms with Gasteiger partial charge in [-0.25, -0.2) is 9.78 Å². The Kier molecular flexibility index (Phi) is 12.8. The van der Waals surface area contributed by atoms with Crippen molar-refractivity contribution in [2.45, 2.75) is 70.6 Å². The number of oxime groups is 1. The third-order valence-corrected chi connectivity index (χ3v) is 9.29. The van der Waals surface area contributed by atoms with E-state index in [1.54, 1.807) is 12.1 Å². The first-order chi connectivity index (χ1) is 24.1. The van der Waals surface area contributed by atoms with Gasteiger partial charge in [-0.15, -0.1) is 15.6 Å². The Morgan fingerprint density at radius 2 is 2.06 bits per heavy atom. The summed E-state index contributed by atoms with van der Waals surface area (Å²) in [5.74, 6) is -2.27. The molecule has 0 spiro atoms. The molecule has 2 aliphatic heterocycles. The average molecular weight is 751 g/mol. The highest BCUT2D eigenvalue weighted by molar-refractivity contribution is 7.74. The molecule has 2 aromatic rings. The molecule has 2 amide bonds. The average Bonchev–Trinajstić information content (AvgIpc) is 3.53. The first-order valence-corrected chi connectivity index (χ1v) is 17.8. The summed E-state index contributed by atoms with van der Waals surface area (Å²) in [6.07, 6.45) is 2.85. The molecule has 2 aliphatic rings. The number of aliphatic hydroxyl groups excluding tert-OH is 1. The third-order valence-electron chi connectivity index (χ3n) is 8.34. The number of rotatable bonds is 17. The van der Waals surface area contributed by atoms with Gasteiger partial charge in [-0.3, -0.25) is 24.1 Å². The van der Waals surface area contributed by atoms with Gasteiger partial charge in [0.05, 0.1) is 12.1 Å². The number of amidine groups is 1. The number of aliphatic carboxylic acids is 1. The van der Waals surface area contributed by atoms with Crippen molar-refractivity contribution in [2.75, 3.05) is 32.0 Å². The maximum atomic E-state index is 13.4. The molecule has 0 aliphatic carbocycles. The number of ether oxygens (including phenoxy) is 1. The number of aromatic nitrogens is 1. The molecule has 4 unspecified atom stereocenters. The van der Waals surface area contributed by atoms with Gasteiger partial charge in [0.1, 0.15) is 29.9 Å². The summed E-state index contributed by atoms with van der Waals surface area (Å²) >= 11 is -1.80. The molecule has 20 heteroatoms. The molecule has 8 N–H and O–H groups in total. The summed E-state index contributed by atoms with van der Waals surface area (Å²) in [6.45, 7) is 6.70. The largest absolute Gasteiger partial charge is 0.488 e. The number of anilines is 1. The Morgan fingerprint density at radius 1 is 1.31 bits per heavy atom. The van der Waals surface area contributed by atoms with Crippen LogP contribution in [-0.4, -0.2) is 108 Å². The number of nitrogens with two attached hydrogens (primary N) is 2. The molecule has 51 heavy (non-hydrogen) atoms. The van der Waals surface area contributed by atoms with Gasteiger partial charge < -0.3 is 36.6 Å². The Balaban J connectivity index is 1.51. The van der Waals surface area contributed by atoms with E-state index >= 15 is 0 Å². The molecule has 0 radical (unpaired) electrons. The Labute approximate surface area is 300 Å². The molecule has 1 saturated heterocycles. The van der Waals surface area contributed by atoms with Gasteiger partial charge in [0.15, 0.2) is 10.8 Å². The van der Waals surface area contributed by atoms with E-state index in [-0.39, 0.29) is 23.4 Å². The van der Waals surface area contributed by atoms with Crippen LogP contribution in [0.15, 0.2) is 38.7 Å². The van der Waals surface area contributed by atoms with Gasteiger partial charge in [-0.1, -0.05) is 18.5 Å². The van der Waals surface area contributed by atoms with Crippen LogP contribution in [0, 0.1) is 5.92 Å². The molecule has 278 valence electrons. The molecular weight excluding hydrogens is 709 g/mol. The molecule has 1 fully saturated rings. The van der Waals surface area contributed by atoms with Gasteiger partial charge in [-0.2, -0.15) is 9.27 Å². The number of thiazole rings is 1. The van der Waals surface area contributed by atoms with Crippen LogP contribution < -0.4 is 21.5 Å². The summed E-state index contributed by atoms with van der Waals surface area (Å²) in [4.78, 5) is 56.9. The van der Waals surface area contributed by atoms with Crippen molar-refractivity contribution in [3.05, 3.63) is 40.4 Å². The minimum absolute atomic E-state index is 0.0525. The number of benzene rings is 1. The second-order valence-corrected chi connectivity index (χ2v) is 14.1. The number of carbonyl (C=O) groups excluding carboxylic acids is 2. The number of amides is 2. The minimum Gasteiger partial charge on any atom is -0.488 e. The maximum Gasteiger partial charge on any atom is 0.354 e. The van der Waals surface area contributed by atoms with Crippen LogP contribution in [0.4, 0.5) is 5.13 Å². The number of aryl methyl sites for hydroxylation is 1. The van der Waals surface area contributed by atoms with Crippen LogP contribution in [0.25, 0.3) is 0 Å². The summed E-state index contributed by atoms with van der Waals surface area (Å²) in [6, 6.07) is 4.01. The highest BCUT2D eigenvalue weighted by atomic mass is 32.2. The van der Waals surface area contributed by atoms with Gasteiger partial charge in [0, 0.05) is 29.7 Å². The molecule has 0 bridgehead atoms. The number of carboxylic acids is 1. The highest BCUT2D eigenvalue weighted by Gasteiger charge is 2.57. The van der Waals surface area contributed by atoms with Gasteiger partial charge >= 0.3 is 17.3 Å². The molecule has 18 nitrogen and oxygen atoms in total. The van der Waals surface area contributed by atoms with Crippen molar-refractivity contribution in [3.63, 3.8) is 0 Å². The summed E-state index contributed by atoms with van der Waals surface area (Å²) < 4.78 is 30.7. The van der Waals surface area contributed by atoms with Crippen molar-refractivity contribution in [1.82, 2.24) is 15.4 Å². The molecule has 1 aromatic heterocycles. The fourth-order valence-electron chi connectivity index (χ4n) is 5.32. The third kappa shape index (κ3) is 9.44. The minimum atomic E-state index is -2.78. The van der Waals surface area contributed by atoms with Crippen LogP contribution >= 0.6 is 11.3 Å². The number of hydrogen-bond acceptors (Lipinski definition) is 14. The number of aliphatic hydroxyl groups is 1. The fourth-order valence-corrected chi connectivity index (χ4v) is 6.26. The zero-order chi connectivity index (χ0) is 37.5. The number of nitrogens with zero attached hydrogens (tertiary/aromatic N) is 5. The summed E-state index contributed by atoms with van der Waals surface area (Å²) in [5.41, 5.74) is 10.4. The lowest BCUT2D eigenvalue weighted by Gasteiger charge is -2.50. The van der Waals surface area contributed by atoms with Crippen LogP contribution in [0.2, 0.25) is 0 Å². The van der Waals surface area contributed by atoms with Crippen LogP contribution in [0.3, 0.4) is 0 Å². The van der Waals surface area contributed by atoms with E-state index in [2.05, 4.69) is 29.7 Å². The summed E-state index contributed by atoms with van der Waals surface area (Å²) in [7, 11) is 0. The number of aliphatic imine (C=N–C) groups is 2. The fraction of sp³-hybridized carbons (Fsp3) is 0.516. The van der Waals surface area contributed by atoms with E-state index in [0.29, 0.717) is 48.1 Å². The van der Waals surface area contributed by atoms with E-state index < -0.39 is 58.6 Å². The molecule has 1 aromatic carbocycles. The molecule has 4 atom stereocenters. The lowest BCUT2D eigenvalue weighted by Crippen LogP contribution is -2.76. The number of carbonyl (C=O) groups is 3. The van der Waals surface area contributed by atoms with Crippen molar-refractivity contribution in [2.24, 2.45) is 26.8 Å². The first kappa shape index (κ1) is 39.3. The van der Waals surface area contributed by atoms with Crippen LogP contribution in [-0.2, 0) is 41.3 Å². The van der Waals surface area contributed by atoms with Crippen molar-refractivity contribution in [1.29, 1.82) is 0 Å². The Bertz CT molecular complexity index is 1750. The predicted octanol–water partition coefficient (Wildman–Crippen LogP) is 1.04. The van der Waals surface area contributed by atoms with Gasteiger partial charge in [-0.05, 0) is 69.7 Å². The van der Waals surface area contributed by atoms with E-state index in [1.807, 2.05) is 13.0 Å². The molecule has 4 rings (SSSR count). The molecular formula is C31H42N8O10S2. The van der Waals surface area contributed by atoms with Gasteiger partial charge in [0.25, 0.3) is 17.4 Å². The molecule has 0 saturated carbocycles. The maximum absolute atomic E-state index is 13.4. The van der Waals surface area contributed by atoms with E-state index in [4.69, 9.17) is 25.6 Å². The Hall–Kier alpha value is -4.50. The number of nitrogens with one attached hydrogen (secondary N) is 1. The van der Waals surface area contributed by atoms with Crippen LogP contribution in [0.5, 0.6) is 5.75 Å². The normalized spacial score (nSPS) is 20.9. The topological polar surface area (TPSA) is 274 Å². The van der Waals surface area contributed by atoms with Gasteiger partial charge in [0.2, 0.25) is 0 Å². The molecule has 3 heterocycles. The standard InChI is InChI=1S/C31H42N8O10S2/c1-5-6-18-12-19(25(32)35-13-17-9-10-34-20(11-17)14-40)7-8-22(18)47-16-31(4,28(43)44)48-38-23(21-15-50-29(33)36-21)26(41)37-24-27(42)39(30(24,2)3)49-51(45)46/h7-8,12,15,17,24,40H,5-6,9-11,13-14,16H2,1-4H3,(H2,32,35)(H2,33,36)(H,37,41)(H,43,44)(H,45,46)/b38-23-. The monoisotopic (exact) mass is 750 g/mol. The number of β-lactam (4-membered cyclic amide) rings is 1. The predicted molar refractivity (Wildman–Crippen MR) is 189 cm³/mol. The zero-order valence-electron chi connectivity index (χ0n) is 28.5. The SMILES string of the molecule is CCCc1cc(C(N)=NCC2CCN=C(CO)C2)ccc1OCC(C)(O/N=C(\C(=O)NC1C(=O)N(OS(=O)O)C1(C)C)c1csc(N)n1)C(=O)O.